The number of aliphatic hydroxyl groups excluding tert-OH is 1. The van der Waals surface area contributed by atoms with E-state index in [1.54, 1.807) is 7.05 Å². The first kappa shape index (κ1) is 28.0. The number of aliphatic hydroxyl groups is 1. The molecule has 3 unspecified atom stereocenters. The maximum Gasteiger partial charge on any atom is 0.293 e. The van der Waals surface area contributed by atoms with E-state index in [2.05, 4.69) is 32.5 Å². The van der Waals surface area contributed by atoms with Gasteiger partial charge in [-0.05, 0) is 86.2 Å². The average molecular weight is 605 g/mol. The average Bonchev–Trinajstić information content (AvgIpc) is 3.73. The lowest BCUT2D eigenvalue weighted by Crippen LogP contribution is -2.44. The molecule has 1 saturated carbocycles. The fraction of sp³-hybridized carbons (Fsp3) is 0.375. The maximum atomic E-state index is 15.9. The summed E-state index contributed by atoms with van der Waals surface area (Å²) < 4.78 is 32.1. The van der Waals surface area contributed by atoms with Crippen LogP contribution >= 0.6 is 11.3 Å². The Hall–Kier alpha value is -3.80. The molecule has 7 rings (SSSR count). The zero-order chi connectivity index (χ0) is 29.8. The highest BCUT2D eigenvalue weighted by atomic mass is 32.1. The Kier molecular flexibility index (Phi) is 7.19. The standard InChI is InChI=1S/C32H34F2N6O2S/c1-38-11-13-40(14-12-38)21-7-5-20(6-8-21)35-30-32(42)39(2)17-25(36-30)22-9-10-24(33)28(27(22)34)37-31(41)26-16-23-18-3-4-19(15-18)29(23)43-26/h5-10,16-19,31,37,41H,3-4,11-15H2,1-2H3,(H,35,36). The second kappa shape index (κ2) is 11.0. The molecule has 3 aliphatic rings. The summed E-state index contributed by atoms with van der Waals surface area (Å²) in [6.07, 6.45) is 3.65. The Morgan fingerprint density at radius 3 is 2.51 bits per heavy atom. The first-order chi connectivity index (χ1) is 20.7. The smallest absolute Gasteiger partial charge is 0.293 e. The molecule has 2 aliphatic carbocycles. The summed E-state index contributed by atoms with van der Waals surface area (Å²) in [6.45, 7) is 3.89. The fourth-order valence-corrected chi connectivity index (χ4v) is 7.91. The van der Waals surface area contributed by atoms with Crippen LogP contribution in [0.3, 0.4) is 0 Å². The van der Waals surface area contributed by atoms with E-state index in [-0.39, 0.29) is 22.6 Å². The lowest BCUT2D eigenvalue weighted by atomic mass is 9.99. The lowest BCUT2D eigenvalue weighted by Gasteiger charge is -2.34. The van der Waals surface area contributed by atoms with Crippen molar-refractivity contribution < 1.29 is 13.9 Å². The molecule has 0 spiro atoms. The number of benzene rings is 2. The van der Waals surface area contributed by atoms with Crippen LogP contribution in [0.15, 0.2) is 53.5 Å². The van der Waals surface area contributed by atoms with Crippen molar-refractivity contribution in [2.75, 3.05) is 48.8 Å². The number of halogens is 2. The minimum Gasteiger partial charge on any atom is -0.369 e. The van der Waals surface area contributed by atoms with Gasteiger partial charge in [0.2, 0.25) is 0 Å². The summed E-state index contributed by atoms with van der Waals surface area (Å²) >= 11 is 1.52. The molecule has 2 fully saturated rings. The van der Waals surface area contributed by atoms with E-state index >= 15 is 4.39 Å². The molecule has 2 bridgehead atoms. The number of aromatic nitrogens is 2. The number of aryl methyl sites for hydroxylation is 1. The van der Waals surface area contributed by atoms with Gasteiger partial charge in [0.1, 0.15) is 11.5 Å². The van der Waals surface area contributed by atoms with Crippen LogP contribution in [-0.2, 0) is 7.05 Å². The van der Waals surface area contributed by atoms with E-state index in [1.165, 1.54) is 45.0 Å². The topological polar surface area (TPSA) is 85.7 Å². The highest BCUT2D eigenvalue weighted by Gasteiger charge is 2.39. The maximum absolute atomic E-state index is 15.9. The van der Waals surface area contributed by atoms with E-state index in [0.29, 0.717) is 22.4 Å². The molecular formula is C32H34F2N6O2S. The Bertz CT molecular complexity index is 1700. The van der Waals surface area contributed by atoms with Gasteiger partial charge in [-0.2, -0.15) is 0 Å². The van der Waals surface area contributed by atoms with Crippen LogP contribution in [0, 0.1) is 11.6 Å². The van der Waals surface area contributed by atoms with Crippen LogP contribution in [0.5, 0.6) is 0 Å². The second-order valence-corrected chi connectivity index (χ2v) is 13.0. The molecule has 3 N–H and O–H groups in total. The predicted molar refractivity (Wildman–Crippen MR) is 166 cm³/mol. The summed E-state index contributed by atoms with van der Waals surface area (Å²) in [5, 5.41) is 16.7. The molecule has 2 aromatic carbocycles. The van der Waals surface area contributed by atoms with Crippen molar-refractivity contribution in [2.24, 2.45) is 7.05 Å². The van der Waals surface area contributed by atoms with Crippen molar-refractivity contribution in [3.8, 4) is 11.3 Å². The number of thiophene rings is 1. The number of likely N-dealkylation sites (N-methyl/N-ethyl adjacent to an activating group) is 1. The van der Waals surface area contributed by atoms with Gasteiger partial charge in [0.15, 0.2) is 17.9 Å². The zero-order valence-corrected chi connectivity index (χ0v) is 24.9. The molecular weight excluding hydrogens is 570 g/mol. The fourth-order valence-electron chi connectivity index (χ4n) is 6.58. The highest BCUT2D eigenvalue weighted by molar-refractivity contribution is 7.12. The van der Waals surface area contributed by atoms with Gasteiger partial charge in [0, 0.05) is 61.2 Å². The molecule has 4 aromatic rings. The molecule has 3 heterocycles. The van der Waals surface area contributed by atoms with E-state index in [0.717, 1.165) is 50.8 Å². The van der Waals surface area contributed by atoms with Crippen molar-refractivity contribution in [2.45, 2.75) is 37.3 Å². The lowest BCUT2D eigenvalue weighted by molar-refractivity contribution is 0.210. The first-order valence-electron chi connectivity index (χ1n) is 14.7. The van der Waals surface area contributed by atoms with E-state index in [4.69, 9.17) is 0 Å². The van der Waals surface area contributed by atoms with Gasteiger partial charge in [-0.1, -0.05) is 0 Å². The highest BCUT2D eigenvalue weighted by Crippen LogP contribution is 2.56. The summed E-state index contributed by atoms with van der Waals surface area (Å²) in [6, 6.07) is 12.2. The van der Waals surface area contributed by atoms with Crippen LogP contribution in [0.1, 0.15) is 52.6 Å². The number of fused-ring (bicyclic) bond motifs is 5. The van der Waals surface area contributed by atoms with Gasteiger partial charge < -0.3 is 30.1 Å². The third-order valence-electron chi connectivity index (χ3n) is 9.04. The molecule has 2 aromatic heterocycles. The summed E-state index contributed by atoms with van der Waals surface area (Å²) in [4.78, 5) is 23.9. The molecule has 3 atom stereocenters. The van der Waals surface area contributed by atoms with E-state index in [1.807, 2.05) is 30.3 Å². The van der Waals surface area contributed by atoms with Crippen molar-refractivity contribution in [3.63, 3.8) is 0 Å². The van der Waals surface area contributed by atoms with Crippen LogP contribution in [-0.4, -0.2) is 52.8 Å². The number of piperazine rings is 1. The Morgan fingerprint density at radius 1 is 1.02 bits per heavy atom. The summed E-state index contributed by atoms with van der Waals surface area (Å²) in [5.74, 6) is -0.628. The van der Waals surface area contributed by atoms with Crippen molar-refractivity contribution in [1.82, 2.24) is 14.5 Å². The summed E-state index contributed by atoms with van der Waals surface area (Å²) in [7, 11) is 3.67. The van der Waals surface area contributed by atoms with Gasteiger partial charge in [-0.25, -0.2) is 13.8 Å². The molecule has 1 saturated heterocycles. The zero-order valence-electron chi connectivity index (χ0n) is 24.1. The van der Waals surface area contributed by atoms with Crippen LogP contribution < -0.4 is 21.1 Å². The number of hydrogen-bond donors (Lipinski definition) is 3. The third-order valence-corrected chi connectivity index (χ3v) is 10.4. The van der Waals surface area contributed by atoms with Gasteiger partial charge in [-0.15, -0.1) is 11.3 Å². The SMILES string of the molecule is CN1CCN(c2ccc(Nc3nc(-c4ccc(F)c(NC(O)c5cc6c(s5)C5CCC6C5)c4F)cn(C)c3=O)cc2)CC1. The van der Waals surface area contributed by atoms with Crippen LogP contribution in [0.2, 0.25) is 0 Å². The molecule has 0 radical (unpaired) electrons. The number of rotatable bonds is 7. The largest absolute Gasteiger partial charge is 0.369 e. The Morgan fingerprint density at radius 2 is 1.77 bits per heavy atom. The minimum atomic E-state index is -1.26. The predicted octanol–water partition coefficient (Wildman–Crippen LogP) is 5.75. The molecule has 224 valence electrons. The normalized spacial score (nSPS) is 20.3. The molecule has 1 aliphatic heterocycles. The van der Waals surface area contributed by atoms with E-state index in [9.17, 15) is 14.3 Å². The van der Waals surface area contributed by atoms with Crippen molar-refractivity contribution in [1.29, 1.82) is 0 Å². The quantitative estimate of drug-likeness (QED) is 0.232. The van der Waals surface area contributed by atoms with Crippen LogP contribution in [0.4, 0.5) is 31.7 Å². The monoisotopic (exact) mass is 604 g/mol. The van der Waals surface area contributed by atoms with Gasteiger partial charge in [-0.3, -0.25) is 4.79 Å². The molecule has 11 heteroatoms. The Balaban J connectivity index is 1.13. The minimum absolute atomic E-state index is 0.00637. The van der Waals surface area contributed by atoms with Crippen LogP contribution in [0.25, 0.3) is 11.3 Å². The molecule has 43 heavy (non-hydrogen) atoms. The van der Waals surface area contributed by atoms with Gasteiger partial charge >= 0.3 is 0 Å². The van der Waals surface area contributed by atoms with Crippen molar-refractivity contribution >= 4 is 34.2 Å². The molecule has 0 amide bonds. The van der Waals surface area contributed by atoms with Crippen molar-refractivity contribution in [3.05, 3.63) is 86.0 Å². The number of nitrogens with zero attached hydrogens (tertiary/aromatic N) is 4. The van der Waals surface area contributed by atoms with Gasteiger partial charge in [0.25, 0.3) is 5.56 Å². The third kappa shape index (κ3) is 5.19. The molecule has 8 nitrogen and oxygen atoms in total. The number of hydrogen-bond acceptors (Lipinski definition) is 8. The van der Waals surface area contributed by atoms with Gasteiger partial charge in [0.05, 0.1) is 10.6 Å². The number of anilines is 4. The first-order valence-corrected chi connectivity index (χ1v) is 15.5. The van der Waals surface area contributed by atoms with E-state index < -0.39 is 23.5 Å². The second-order valence-electron chi connectivity index (χ2n) is 11.9. The number of nitrogens with one attached hydrogen (secondary N) is 2. The Labute approximate surface area is 252 Å². The summed E-state index contributed by atoms with van der Waals surface area (Å²) in [5.41, 5.74) is 2.38.